The van der Waals surface area contributed by atoms with Crippen LogP contribution in [0.3, 0.4) is 0 Å². The Labute approximate surface area is 99.4 Å². The Morgan fingerprint density at radius 2 is 1.94 bits per heavy atom. The molecule has 0 N–H and O–H groups in total. The van der Waals surface area contributed by atoms with E-state index in [0.717, 1.165) is 11.1 Å². The van der Waals surface area contributed by atoms with Crippen LogP contribution < -0.4 is 0 Å². The highest BCUT2D eigenvalue weighted by atomic mass is 35.5. The fourth-order valence-electron chi connectivity index (χ4n) is 1.44. The molecular weight excluding hydrogens is 228 g/mol. The maximum Gasteiger partial charge on any atom is 0.331 e. The maximum atomic E-state index is 11.8. The largest absolute Gasteiger partial charge is 0.468 e. The molecule has 3 nitrogen and oxygen atoms in total. The van der Waals surface area contributed by atoms with Crippen LogP contribution in [-0.2, 0) is 9.53 Å². The Kier molecular flexibility index (Phi) is 4.07. The van der Waals surface area contributed by atoms with E-state index in [0.29, 0.717) is 5.56 Å². The zero-order valence-corrected chi connectivity index (χ0v) is 10.2. The van der Waals surface area contributed by atoms with Crippen molar-refractivity contribution in [2.24, 2.45) is 0 Å². The van der Waals surface area contributed by atoms with Crippen LogP contribution in [0.5, 0.6) is 0 Å². The van der Waals surface area contributed by atoms with Gasteiger partial charge in [-0.1, -0.05) is 23.8 Å². The number of esters is 1. The summed E-state index contributed by atoms with van der Waals surface area (Å²) < 4.78 is 4.43. The van der Waals surface area contributed by atoms with Crippen molar-refractivity contribution >= 4 is 23.4 Å². The van der Waals surface area contributed by atoms with Crippen LogP contribution >= 0.6 is 11.6 Å². The van der Waals surface area contributed by atoms with Gasteiger partial charge in [0.05, 0.1) is 7.11 Å². The van der Waals surface area contributed by atoms with Crippen LogP contribution in [0.25, 0.3) is 0 Å². The highest BCUT2D eigenvalue weighted by Crippen LogP contribution is 2.15. The van der Waals surface area contributed by atoms with E-state index in [1.54, 1.807) is 19.1 Å². The fraction of sp³-hybridized carbons (Fsp3) is 0.333. The van der Waals surface area contributed by atoms with Gasteiger partial charge in [0.25, 0.3) is 0 Å². The fourth-order valence-corrected chi connectivity index (χ4v) is 1.64. The predicted molar refractivity (Wildman–Crippen MR) is 61.9 cm³/mol. The second-order valence-electron chi connectivity index (χ2n) is 3.57. The minimum atomic E-state index is -1.27. The SMILES string of the molecule is COC(=O)C(Cl)C(=O)c1ccc(C)cc1C. The van der Waals surface area contributed by atoms with Crippen LogP contribution in [0.15, 0.2) is 18.2 Å². The van der Waals surface area contributed by atoms with E-state index in [4.69, 9.17) is 11.6 Å². The molecule has 0 aliphatic carbocycles. The number of hydrogen-bond donors (Lipinski definition) is 0. The summed E-state index contributed by atoms with van der Waals surface area (Å²) in [5, 5.41) is -1.27. The van der Waals surface area contributed by atoms with Gasteiger partial charge < -0.3 is 4.74 Å². The van der Waals surface area contributed by atoms with Crippen molar-refractivity contribution in [3.8, 4) is 0 Å². The van der Waals surface area contributed by atoms with Crippen molar-refractivity contribution in [1.29, 1.82) is 0 Å². The molecule has 16 heavy (non-hydrogen) atoms. The first-order valence-electron chi connectivity index (χ1n) is 4.80. The van der Waals surface area contributed by atoms with E-state index in [9.17, 15) is 9.59 Å². The number of carbonyl (C=O) groups excluding carboxylic acids is 2. The number of methoxy groups -OCH3 is 1. The molecule has 1 unspecified atom stereocenters. The van der Waals surface area contributed by atoms with Crippen LogP contribution in [0.4, 0.5) is 0 Å². The van der Waals surface area contributed by atoms with Gasteiger partial charge in [0.15, 0.2) is 11.2 Å². The van der Waals surface area contributed by atoms with Gasteiger partial charge in [-0.2, -0.15) is 0 Å². The lowest BCUT2D eigenvalue weighted by Crippen LogP contribution is -2.26. The van der Waals surface area contributed by atoms with Gasteiger partial charge in [0.2, 0.25) is 0 Å². The number of Topliss-reactive ketones (excluding diaryl/α,β-unsaturated/α-hetero) is 1. The molecule has 0 spiro atoms. The summed E-state index contributed by atoms with van der Waals surface area (Å²) in [6.07, 6.45) is 0. The third-order valence-corrected chi connectivity index (χ3v) is 2.66. The average Bonchev–Trinajstić information content (AvgIpc) is 2.26. The summed E-state index contributed by atoms with van der Waals surface area (Å²) in [4.78, 5) is 23.0. The lowest BCUT2D eigenvalue weighted by atomic mass is 10.0. The number of aryl methyl sites for hydroxylation is 2. The lowest BCUT2D eigenvalue weighted by Gasteiger charge is -2.09. The summed E-state index contributed by atoms with van der Waals surface area (Å²) in [6.45, 7) is 3.74. The third kappa shape index (κ3) is 2.61. The molecule has 1 atom stereocenters. The van der Waals surface area contributed by atoms with E-state index in [-0.39, 0.29) is 0 Å². The topological polar surface area (TPSA) is 43.4 Å². The van der Waals surface area contributed by atoms with Crippen molar-refractivity contribution in [3.05, 3.63) is 34.9 Å². The maximum absolute atomic E-state index is 11.8. The normalized spacial score (nSPS) is 12.0. The number of ether oxygens (including phenoxy) is 1. The van der Waals surface area contributed by atoms with Crippen molar-refractivity contribution in [2.75, 3.05) is 7.11 Å². The molecule has 0 amide bonds. The standard InChI is InChI=1S/C12H13ClO3/c1-7-4-5-9(8(2)6-7)11(14)10(13)12(15)16-3/h4-6,10H,1-3H3. The van der Waals surface area contributed by atoms with Gasteiger partial charge in [-0.05, 0) is 19.4 Å². The van der Waals surface area contributed by atoms with E-state index in [1.165, 1.54) is 7.11 Å². The molecule has 1 aromatic carbocycles. The first-order chi connectivity index (χ1) is 7.47. The van der Waals surface area contributed by atoms with Gasteiger partial charge in [-0.15, -0.1) is 11.6 Å². The predicted octanol–water partition coefficient (Wildman–Crippen LogP) is 2.27. The van der Waals surface area contributed by atoms with Crippen LogP contribution in [0.2, 0.25) is 0 Å². The highest BCUT2D eigenvalue weighted by Gasteiger charge is 2.26. The molecule has 1 aromatic rings. The molecule has 0 heterocycles. The van der Waals surface area contributed by atoms with Crippen molar-refractivity contribution in [3.63, 3.8) is 0 Å². The molecule has 86 valence electrons. The Hall–Kier alpha value is -1.35. The first-order valence-corrected chi connectivity index (χ1v) is 5.24. The third-order valence-electron chi connectivity index (χ3n) is 2.29. The Morgan fingerprint density at radius 1 is 1.31 bits per heavy atom. The van der Waals surface area contributed by atoms with Crippen LogP contribution in [0.1, 0.15) is 21.5 Å². The number of hydrogen-bond acceptors (Lipinski definition) is 3. The quantitative estimate of drug-likeness (QED) is 0.352. The molecule has 0 aliphatic rings. The molecule has 0 radical (unpaired) electrons. The zero-order valence-electron chi connectivity index (χ0n) is 9.41. The van der Waals surface area contributed by atoms with E-state index in [1.807, 2.05) is 13.0 Å². The zero-order chi connectivity index (χ0) is 12.3. The number of benzene rings is 1. The lowest BCUT2D eigenvalue weighted by molar-refractivity contribution is -0.139. The summed E-state index contributed by atoms with van der Waals surface area (Å²) >= 11 is 5.70. The molecule has 4 heteroatoms. The Bertz CT molecular complexity index is 426. The van der Waals surface area contributed by atoms with E-state index >= 15 is 0 Å². The van der Waals surface area contributed by atoms with E-state index < -0.39 is 17.1 Å². The summed E-state index contributed by atoms with van der Waals surface area (Å²) in [5.74, 6) is -1.15. The first kappa shape index (κ1) is 12.7. The van der Waals surface area contributed by atoms with Gasteiger partial charge in [0, 0.05) is 5.56 Å². The van der Waals surface area contributed by atoms with Crippen LogP contribution in [0, 0.1) is 13.8 Å². The van der Waals surface area contributed by atoms with E-state index in [2.05, 4.69) is 4.74 Å². The smallest absolute Gasteiger partial charge is 0.331 e. The summed E-state index contributed by atoms with van der Waals surface area (Å²) in [5.41, 5.74) is 2.31. The summed E-state index contributed by atoms with van der Waals surface area (Å²) in [7, 11) is 1.20. The van der Waals surface area contributed by atoms with Crippen molar-refractivity contribution < 1.29 is 14.3 Å². The van der Waals surface area contributed by atoms with Crippen molar-refractivity contribution in [1.82, 2.24) is 0 Å². The van der Waals surface area contributed by atoms with Crippen molar-refractivity contribution in [2.45, 2.75) is 19.2 Å². The minimum Gasteiger partial charge on any atom is -0.468 e. The number of alkyl halides is 1. The molecular formula is C12H13ClO3. The molecule has 0 saturated carbocycles. The highest BCUT2D eigenvalue weighted by molar-refractivity contribution is 6.43. The minimum absolute atomic E-state index is 0.425. The van der Waals surface area contributed by atoms with Gasteiger partial charge >= 0.3 is 5.97 Å². The Balaban J connectivity index is 3.01. The number of rotatable bonds is 3. The molecule has 0 fully saturated rings. The average molecular weight is 241 g/mol. The molecule has 0 aliphatic heterocycles. The molecule has 0 aromatic heterocycles. The number of carbonyl (C=O) groups is 2. The Morgan fingerprint density at radius 3 is 2.44 bits per heavy atom. The molecule has 0 saturated heterocycles. The second-order valence-corrected chi connectivity index (χ2v) is 4.00. The van der Waals surface area contributed by atoms with Crippen LogP contribution in [-0.4, -0.2) is 24.2 Å². The van der Waals surface area contributed by atoms with Gasteiger partial charge in [-0.3, -0.25) is 4.79 Å². The second kappa shape index (κ2) is 5.12. The number of ketones is 1. The monoisotopic (exact) mass is 240 g/mol. The van der Waals surface area contributed by atoms with Gasteiger partial charge in [0.1, 0.15) is 0 Å². The number of halogens is 1. The van der Waals surface area contributed by atoms with Gasteiger partial charge in [-0.25, -0.2) is 4.79 Å². The molecule has 1 rings (SSSR count). The summed E-state index contributed by atoms with van der Waals surface area (Å²) in [6, 6.07) is 5.35. The molecule has 0 bridgehead atoms.